The molecule has 248 valence electrons. The Balaban J connectivity index is 1.33. The summed E-state index contributed by atoms with van der Waals surface area (Å²) in [5, 5.41) is 11.0. The number of carbonyl (C=O) groups excluding carboxylic acids is 2. The van der Waals surface area contributed by atoms with E-state index in [1.54, 1.807) is 21.3 Å². The number of Topliss-reactive ketones (excluding diaryl/α,β-unsaturated/α-hetero) is 1. The third-order valence-electron chi connectivity index (χ3n) is 11.1. The number of methoxy groups -OCH3 is 3. The van der Waals surface area contributed by atoms with Gasteiger partial charge in [0, 0.05) is 33.2 Å². The Bertz CT molecular complexity index is 1060. The fourth-order valence-electron chi connectivity index (χ4n) is 8.66. The van der Waals surface area contributed by atoms with Crippen LogP contribution in [0.3, 0.4) is 0 Å². The zero-order chi connectivity index (χ0) is 31.5. The number of hydrogen-bond acceptors (Lipinski definition) is 9. The number of aliphatic hydroxyl groups excluding tert-OH is 1. The van der Waals surface area contributed by atoms with Gasteiger partial charge in [-0.25, -0.2) is 0 Å². The Morgan fingerprint density at radius 2 is 1.70 bits per heavy atom. The minimum Gasteiger partial charge on any atom is -0.462 e. The number of unbranched alkanes of at least 4 members (excludes halogenated alkanes) is 1. The summed E-state index contributed by atoms with van der Waals surface area (Å²) in [5.74, 6) is -0.261. The molecule has 44 heavy (non-hydrogen) atoms. The van der Waals surface area contributed by atoms with Crippen LogP contribution >= 0.6 is 0 Å². The van der Waals surface area contributed by atoms with E-state index in [-0.39, 0.29) is 72.4 Å². The van der Waals surface area contributed by atoms with Gasteiger partial charge in [0.25, 0.3) is 0 Å². The second-order valence-electron chi connectivity index (χ2n) is 13.7. The molecule has 0 radical (unpaired) electrons. The summed E-state index contributed by atoms with van der Waals surface area (Å²) in [7, 11) is 4.94. The zero-order valence-corrected chi connectivity index (χ0v) is 27.4. The molecule has 0 amide bonds. The number of ether oxygens (including phenoxy) is 6. The number of aliphatic hydroxyl groups is 1. The number of esters is 1. The fourth-order valence-corrected chi connectivity index (χ4v) is 8.66. The first kappa shape index (κ1) is 33.7. The predicted octanol–water partition coefficient (Wildman–Crippen LogP) is 4.79. The Morgan fingerprint density at radius 1 is 0.955 bits per heavy atom. The van der Waals surface area contributed by atoms with Crippen molar-refractivity contribution in [3.63, 3.8) is 0 Å². The van der Waals surface area contributed by atoms with Gasteiger partial charge in [-0.3, -0.25) is 9.59 Å². The summed E-state index contributed by atoms with van der Waals surface area (Å²) in [6.07, 6.45) is 10.6. The van der Waals surface area contributed by atoms with Crippen molar-refractivity contribution in [2.24, 2.45) is 35.5 Å². The number of allylic oxidation sites excluding steroid dienone is 4. The first-order valence-corrected chi connectivity index (χ1v) is 16.9. The number of rotatable bonds is 8. The summed E-state index contributed by atoms with van der Waals surface area (Å²) >= 11 is 0. The lowest BCUT2D eigenvalue weighted by Crippen LogP contribution is -2.59. The van der Waals surface area contributed by atoms with Gasteiger partial charge in [0.2, 0.25) is 0 Å². The quantitative estimate of drug-likeness (QED) is 0.303. The van der Waals surface area contributed by atoms with Crippen molar-refractivity contribution in [3.8, 4) is 0 Å². The molecule has 9 heteroatoms. The van der Waals surface area contributed by atoms with Crippen LogP contribution in [0.25, 0.3) is 0 Å². The van der Waals surface area contributed by atoms with E-state index in [2.05, 4.69) is 25.2 Å². The number of hydrogen-bond donors (Lipinski definition) is 1. The highest BCUT2D eigenvalue weighted by atomic mass is 16.7. The fraction of sp³-hybridized carbons (Fsp3) is 0.829. The molecule has 2 heterocycles. The number of ketones is 1. The lowest BCUT2D eigenvalue weighted by atomic mass is 9.70. The Kier molecular flexibility index (Phi) is 11.4. The van der Waals surface area contributed by atoms with E-state index in [9.17, 15) is 14.7 Å². The van der Waals surface area contributed by atoms with E-state index in [0.717, 1.165) is 44.9 Å². The number of carbonyl (C=O) groups is 2. The summed E-state index contributed by atoms with van der Waals surface area (Å²) < 4.78 is 36.1. The standard InChI is InChI=1S/C35H54O9/c1-7-8-10-22-11-9-12-29(36)19(2)31(38)28-17-26-24(27(28)18-30(37)43-22)14-13-21-15-23(16-25(21)26)44-35-34(41-6)33(40-5)32(39-4)20(3)42-35/h13-14,17,19-27,29,32-36H,7-12,15-16,18H2,1-6H3/t19-,20+,21-,22+,23-,24-,25-,26-,27+,29+,32+,33-,34-,35+/m1/s1. The highest BCUT2D eigenvalue weighted by Crippen LogP contribution is 2.54. The maximum absolute atomic E-state index is 13.9. The Labute approximate surface area is 263 Å². The molecule has 3 fully saturated rings. The maximum atomic E-state index is 13.9. The van der Waals surface area contributed by atoms with Crippen LogP contribution in [0.1, 0.15) is 78.6 Å². The summed E-state index contributed by atoms with van der Waals surface area (Å²) in [4.78, 5) is 27.2. The topological polar surface area (TPSA) is 110 Å². The van der Waals surface area contributed by atoms with Crippen LogP contribution in [0.4, 0.5) is 0 Å². The first-order chi connectivity index (χ1) is 21.2. The monoisotopic (exact) mass is 618 g/mol. The van der Waals surface area contributed by atoms with Crippen molar-refractivity contribution in [2.75, 3.05) is 21.3 Å². The molecule has 1 N–H and O–H groups in total. The second kappa shape index (κ2) is 14.9. The van der Waals surface area contributed by atoms with E-state index < -0.39 is 24.4 Å². The molecule has 0 aromatic heterocycles. The van der Waals surface area contributed by atoms with Crippen molar-refractivity contribution in [1.82, 2.24) is 0 Å². The van der Waals surface area contributed by atoms with Gasteiger partial charge in [-0.05, 0) is 74.7 Å². The van der Waals surface area contributed by atoms with Crippen molar-refractivity contribution in [1.29, 1.82) is 0 Å². The molecular formula is C35H54O9. The van der Waals surface area contributed by atoms with Crippen LogP contribution in [0, 0.1) is 35.5 Å². The van der Waals surface area contributed by atoms with Crippen molar-refractivity contribution < 1.29 is 43.1 Å². The van der Waals surface area contributed by atoms with Crippen LogP contribution in [0.15, 0.2) is 23.8 Å². The average molecular weight is 619 g/mol. The minimum atomic E-state index is -0.707. The lowest BCUT2D eigenvalue weighted by Gasteiger charge is -2.44. The molecule has 1 saturated carbocycles. The van der Waals surface area contributed by atoms with Crippen LogP contribution in [0.5, 0.6) is 0 Å². The van der Waals surface area contributed by atoms with E-state index >= 15 is 0 Å². The summed E-state index contributed by atoms with van der Waals surface area (Å²) in [6, 6.07) is 0. The molecule has 0 spiro atoms. The molecule has 5 aliphatic rings. The van der Waals surface area contributed by atoms with Gasteiger partial charge in [-0.1, -0.05) is 44.9 Å². The van der Waals surface area contributed by atoms with Crippen molar-refractivity contribution >= 4 is 11.8 Å². The van der Waals surface area contributed by atoms with Crippen LogP contribution in [0.2, 0.25) is 0 Å². The molecule has 0 unspecified atom stereocenters. The average Bonchev–Trinajstić information content (AvgIpc) is 3.58. The van der Waals surface area contributed by atoms with Gasteiger partial charge < -0.3 is 33.5 Å². The highest BCUT2D eigenvalue weighted by molar-refractivity contribution is 5.99. The van der Waals surface area contributed by atoms with Crippen molar-refractivity contribution in [3.05, 3.63) is 23.8 Å². The summed E-state index contributed by atoms with van der Waals surface area (Å²) in [5.41, 5.74) is 0.696. The molecular weight excluding hydrogens is 564 g/mol. The zero-order valence-electron chi connectivity index (χ0n) is 27.4. The molecule has 5 rings (SSSR count). The van der Waals surface area contributed by atoms with Gasteiger partial charge in [0.1, 0.15) is 24.4 Å². The molecule has 0 bridgehead atoms. The predicted molar refractivity (Wildman–Crippen MR) is 164 cm³/mol. The van der Waals surface area contributed by atoms with Crippen LogP contribution in [-0.2, 0) is 38.0 Å². The Morgan fingerprint density at radius 3 is 2.41 bits per heavy atom. The second-order valence-corrected chi connectivity index (χ2v) is 13.7. The molecule has 0 aromatic rings. The first-order valence-electron chi connectivity index (χ1n) is 16.9. The van der Waals surface area contributed by atoms with Crippen LogP contribution in [-0.4, -0.2) is 87.2 Å². The van der Waals surface area contributed by atoms with Gasteiger partial charge in [-0.15, -0.1) is 0 Å². The molecule has 2 saturated heterocycles. The summed E-state index contributed by atoms with van der Waals surface area (Å²) in [6.45, 7) is 5.93. The molecule has 0 aromatic carbocycles. The number of fused-ring (bicyclic) bond motifs is 5. The normalized spacial score (nSPS) is 44.6. The van der Waals surface area contributed by atoms with Gasteiger partial charge in [-0.2, -0.15) is 0 Å². The smallest absolute Gasteiger partial charge is 0.306 e. The van der Waals surface area contributed by atoms with Gasteiger partial charge in [0.05, 0.1) is 24.7 Å². The molecule has 2 aliphatic heterocycles. The number of cyclic esters (lactones) is 1. The van der Waals surface area contributed by atoms with E-state index in [0.29, 0.717) is 17.9 Å². The molecule has 3 aliphatic carbocycles. The largest absolute Gasteiger partial charge is 0.462 e. The van der Waals surface area contributed by atoms with Gasteiger partial charge >= 0.3 is 5.97 Å². The third-order valence-corrected chi connectivity index (χ3v) is 11.1. The third kappa shape index (κ3) is 6.88. The Hall–Kier alpha value is -1.62. The molecule has 9 nitrogen and oxygen atoms in total. The van der Waals surface area contributed by atoms with Crippen LogP contribution < -0.4 is 0 Å². The van der Waals surface area contributed by atoms with Gasteiger partial charge in [0.15, 0.2) is 12.1 Å². The van der Waals surface area contributed by atoms with Crippen molar-refractivity contribution in [2.45, 2.75) is 128 Å². The van der Waals surface area contributed by atoms with E-state index in [4.69, 9.17) is 28.4 Å². The molecule has 14 atom stereocenters. The van der Waals surface area contributed by atoms with E-state index in [1.807, 2.05) is 13.8 Å². The maximum Gasteiger partial charge on any atom is 0.306 e. The highest BCUT2D eigenvalue weighted by Gasteiger charge is 2.52. The SMILES string of the molecule is CCCC[C@H]1CCC[C@H](O)[C@@H](C)C(=O)C2=C[C@@H]3[C@@H](C=C[C@@H]4C[C@@H](O[C@@H]5O[C@@H](C)[C@H](OC)[C@@H](OC)[C@H]5OC)C[C@@H]34)[C@@H]2CC(=O)O1. The van der Waals surface area contributed by atoms with E-state index in [1.165, 1.54) is 0 Å². The lowest BCUT2D eigenvalue weighted by molar-refractivity contribution is -0.314. The minimum absolute atomic E-state index is 0.0330.